The molecule has 2 aromatic rings. The van der Waals surface area contributed by atoms with Crippen molar-refractivity contribution in [2.24, 2.45) is 5.92 Å². The maximum Gasteiger partial charge on any atom is 0.243 e. The van der Waals surface area contributed by atoms with Crippen molar-refractivity contribution in [3.63, 3.8) is 0 Å². The third-order valence-electron chi connectivity index (χ3n) is 6.64. The van der Waals surface area contributed by atoms with Crippen LogP contribution in [0.25, 0.3) is 10.9 Å². The summed E-state index contributed by atoms with van der Waals surface area (Å²) >= 11 is 0. The second kappa shape index (κ2) is 7.22. The molecule has 5 rings (SSSR count). The monoisotopic (exact) mass is 381 g/mol. The topological polar surface area (TPSA) is 89.3 Å². The van der Waals surface area contributed by atoms with E-state index in [2.05, 4.69) is 27.2 Å². The number of nitrogens with zero attached hydrogens (tertiary/aromatic N) is 1. The van der Waals surface area contributed by atoms with Gasteiger partial charge in [0.05, 0.1) is 0 Å². The number of hydrogen-bond donors (Lipinski definition) is 4. The van der Waals surface area contributed by atoms with Crippen molar-refractivity contribution in [2.75, 3.05) is 6.54 Å². The van der Waals surface area contributed by atoms with Crippen molar-refractivity contribution in [3.8, 4) is 0 Å². The number of benzene rings is 1. The fourth-order valence-corrected chi connectivity index (χ4v) is 5.13. The van der Waals surface area contributed by atoms with Crippen LogP contribution < -0.4 is 16.2 Å². The first-order valence-electron chi connectivity index (χ1n) is 10.3. The van der Waals surface area contributed by atoms with Gasteiger partial charge in [-0.25, -0.2) is 0 Å². The normalized spacial score (nSPS) is 30.0. The van der Waals surface area contributed by atoms with Crippen LogP contribution in [0.5, 0.6) is 0 Å². The van der Waals surface area contributed by atoms with E-state index in [1.54, 1.807) is 4.90 Å². The second-order valence-corrected chi connectivity index (χ2v) is 8.29. The lowest BCUT2D eigenvalue weighted by Gasteiger charge is -2.35. The minimum atomic E-state index is -0.379. The zero-order chi connectivity index (χ0) is 19.1. The van der Waals surface area contributed by atoms with Crippen LogP contribution in [0.15, 0.2) is 30.5 Å². The minimum Gasteiger partial charge on any atom is -0.361 e. The molecule has 0 radical (unpaired) electrons. The smallest absolute Gasteiger partial charge is 0.243 e. The standard InChI is InChI=1S/C21H27N5O2/c27-19-9-8-18(21(28)24-17-7-3-4-13-11-23-25-20(13)17)26(19)12-14-10-22-16-6-2-1-5-15(14)16/h1-2,5-6,10,13,17-18,20,22-23,25H,3-4,7-9,11-12H2,(H,24,28). The quantitative estimate of drug-likeness (QED) is 0.645. The number of carbonyl (C=O) groups is 2. The van der Waals surface area contributed by atoms with E-state index in [4.69, 9.17) is 0 Å². The van der Waals surface area contributed by atoms with Gasteiger partial charge in [0.15, 0.2) is 0 Å². The number of hydrogen-bond acceptors (Lipinski definition) is 4. The average molecular weight is 381 g/mol. The van der Waals surface area contributed by atoms with Crippen LogP contribution in [-0.2, 0) is 16.1 Å². The lowest BCUT2D eigenvalue weighted by atomic mass is 9.82. The van der Waals surface area contributed by atoms with E-state index in [-0.39, 0.29) is 29.9 Å². The van der Waals surface area contributed by atoms with Gasteiger partial charge in [-0.2, -0.15) is 0 Å². The molecule has 1 aromatic carbocycles. The minimum absolute atomic E-state index is 0.00922. The molecular weight excluding hydrogens is 354 g/mol. The van der Waals surface area contributed by atoms with E-state index in [1.165, 1.54) is 6.42 Å². The Bertz CT molecular complexity index is 894. The zero-order valence-corrected chi connectivity index (χ0v) is 15.9. The van der Waals surface area contributed by atoms with Gasteiger partial charge in [-0.1, -0.05) is 24.6 Å². The Morgan fingerprint density at radius 3 is 3.04 bits per heavy atom. The molecule has 0 bridgehead atoms. The molecule has 4 atom stereocenters. The zero-order valence-electron chi connectivity index (χ0n) is 15.9. The summed E-state index contributed by atoms with van der Waals surface area (Å²) in [4.78, 5) is 30.6. The summed E-state index contributed by atoms with van der Waals surface area (Å²) in [6, 6.07) is 8.11. The number of amides is 2. The highest BCUT2D eigenvalue weighted by atomic mass is 16.2. The molecule has 2 amide bonds. The largest absolute Gasteiger partial charge is 0.361 e. The van der Waals surface area contributed by atoms with Gasteiger partial charge in [0.1, 0.15) is 6.04 Å². The van der Waals surface area contributed by atoms with Crippen molar-refractivity contribution in [1.82, 2.24) is 26.1 Å². The highest BCUT2D eigenvalue weighted by Gasteiger charge is 2.41. The van der Waals surface area contributed by atoms with Crippen molar-refractivity contribution < 1.29 is 9.59 Å². The highest BCUT2D eigenvalue weighted by molar-refractivity contribution is 5.91. The third kappa shape index (κ3) is 3.08. The molecule has 1 saturated carbocycles. The molecule has 1 aromatic heterocycles. The van der Waals surface area contributed by atoms with Crippen LogP contribution >= 0.6 is 0 Å². The lowest BCUT2D eigenvalue weighted by molar-refractivity contribution is -0.136. The predicted octanol–water partition coefficient (Wildman–Crippen LogP) is 1.42. The van der Waals surface area contributed by atoms with Crippen molar-refractivity contribution in [2.45, 2.75) is 56.8 Å². The second-order valence-electron chi connectivity index (χ2n) is 8.29. The maximum absolute atomic E-state index is 13.1. The van der Waals surface area contributed by atoms with Crippen molar-refractivity contribution in [1.29, 1.82) is 0 Å². The first kappa shape index (κ1) is 17.7. The summed E-state index contributed by atoms with van der Waals surface area (Å²) in [5.74, 6) is 0.629. The fourth-order valence-electron chi connectivity index (χ4n) is 5.13. The summed E-state index contributed by atoms with van der Waals surface area (Å²) in [5.41, 5.74) is 8.67. The summed E-state index contributed by atoms with van der Waals surface area (Å²) in [5, 5.41) is 4.37. The Kier molecular flexibility index (Phi) is 4.56. The van der Waals surface area contributed by atoms with Gasteiger partial charge in [0, 0.05) is 48.7 Å². The number of hydrazine groups is 1. The first-order chi connectivity index (χ1) is 13.7. The number of nitrogens with one attached hydrogen (secondary N) is 4. The van der Waals surface area contributed by atoms with Crippen LogP contribution in [0.3, 0.4) is 0 Å². The van der Waals surface area contributed by atoms with Gasteiger partial charge in [0.2, 0.25) is 11.8 Å². The van der Waals surface area contributed by atoms with Crippen LogP contribution in [0, 0.1) is 5.92 Å². The van der Waals surface area contributed by atoms with E-state index in [0.29, 0.717) is 25.3 Å². The van der Waals surface area contributed by atoms with Crippen molar-refractivity contribution in [3.05, 3.63) is 36.0 Å². The number of H-pyrrole nitrogens is 1. The Hall–Kier alpha value is -2.38. The summed E-state index contributed by atoms with van der Waals surface area (Å²) in [6.45, 7) is 1.43. The number of likely N-dealkylation sites (tertiary alicyclic amines) is 1. The van der Waals surface area contributed by atoms with Crippen LogP contribution in [0.2, 0.25) is 0 Å². The Labute approximate surface area is 164 Å². The van der Waals surface area contributed by atoms with Crippen LogP contribution in [-0.4, -0.2) is 46.4 Å². The molecule has 4 unspecified atom stereocenters. The van der Waals surface area contributed by atoms with Crippen LogP contribution in [0.1, 0.15) is 37.7 Å². The molecule has 3 aliphatic rings. The molecular formula is C21H27N5O2. The van der Waals surface area contributed by atoms with Gasteiger partial charge >= 0.3 is 0 Å². The SMILES string of the molecule is O=C(NC1CCCC2CNNC21)C1CCC(=O)N1Cc1c[nH]c2ccccc12. The van der Waals surface area contributed by atoms with E-state index >= 15 is 0 Å². The van der Waals surface area contributed by atoms with E-state index in [1.807, 2.05) is 24.4 Å². The summed E-state index contributed by atoms with van der Waals surface area (Å²) in [7, 11) is 0. The molecule has 0 spiro atoms. The Morgan fingerprint density at radius 2 is 2.11 bits per heavy atom. The molecule has 4 N–H and O–H groups in total. The molecule has 28 heavy (non-hydrogen) atoms. The van der Waals surface area contributed by atoms with Gasteiger partial charge in [-0.05, 0) is 36.8 Å². The molecule has 7 heteroatoms. The summed E-state index contributed by atoms with van der Waals surface area (Å²) < 4.78 is 0. The number of fused-ring (bicyclic) bond motifs is 2. The number of rotatable bonds is 4. The molecule has 3 fully saturated rings. The predicted molar refractivity (Wildman–Crippen MR) is 106 cm³/mol. The van der Waals surface area contributed by atoms with Crippen molar-refractivity contribution >= 4 is 22.7 Å². The fraction of sp³-hybridized carbons (Fsp3) is 0.524. The van der Waals surface area contributed by atoms with Gasteiger partial charge in [-0.3, -0.25) is 20.4 Å². The van der Waals surface area contributed by atoms with Crippen LogP contribution in [0.4, 0.5) is 0 Å². The number of para-hydroxylation sites is 1. The van der Waals surface area contributed by atoms with E-state index < -0.39 is 0 Å². The molecule has 3 heterocycles. The highest BCUT2D eigenvalue weighted by Crippen LogP contribution is 2.29. The van der Waals surface area contributed by atoms with E-state index in [0.717, 1.165) is 35.9 Å². The first-order valence-corrected chi connectivity index (χ1v) is 10.3. The molecule has 1 aliphatic carbocycles. The van der Waals surface area contributed by atoms with Gasteiger partial charge in [0.25, 0.3) is 0 Å². The number of carbonyl (C=O) groups excluding carboxylic acids is 2. The molecule has 148 valence electrons. The maximum atomic E-state index is 13.1. The number of aromatic amines is 1. The molecule has 7 nitrogen and oxygen atoms in total. The molecule has 2 aliphatic heterocycles. The Balaban J connectivity index is 1.31. The van der Waals surface area contributed by atoms with E-state index in [9.17, 15) is 9.59 Å². The van der Waals surface area contributed by atoms with Gasteiger partial charge < -0.3 is 15.2 Å². The lowest BCUT2D eigenvalue weighted by Crippen LogP contribution is -2.56. The molecule has 2 saturated heterocycles. The van der Waals surface area contributed by atoms with Gasteiger partial charge in [-0.15, -0.1) is 0 Å². The Morgan fingerprint density at radius 1 is 1.21 bits per heavy atom. The summed E-state index contributed by atoms with van der Waals surface area (Å²) in [6.07, 6.45) is 6.32. The third-order valence-corrected chi connectivity index (χ3v) is 6.64. The number of aromatic nitrogens is 1. The average Bonchev–Trinajstić information content (AvgIpc) is 3.42.